The lowest BCUT2D eigenvalue weighted by atomic mass is 10.1. The van der Waals surface area contributed by atoms with Gasteiger partial charge in [0.15, 0.2) is 5.82 Å². The molecule has 2 saturated carbocycles. The first-order chi connectivity index (χ1) is 11.8. The van der Waals surface area contributed by atoms with Gasteiger partial charge in [-0.1, -0.05) is 30.1 Å². The third-order valence-corrected chi connectivity index (χ3v) is 5.99. The molecule has 0 aliphatic heterocycles. The van der Waals surface area contributed by atoms with Crippen molar-refractivity contribution in [1.82, 2.24) is 10.1 Å². The summed E-state index contributed by atoms with van der Waals surface area (Å²) < 4.78 is 56.2. The minimum Gasteiger partial charge on any atom is -0.339 e. The molecule has 0 amide bonds. The quantitative estimate of drug-likeness (QED) is 0.893. The van der Waals surface area contributed by atoms with Crippen molar-refractivity contribution in [3.05, 3.63) is 41.5 Å². The van der Waals surface area contributed by atoms with E-state index in [1.54, 1.807) is 0 Å². The summed E-state index contributed by atoms with van der Waals surface area (Å²) in [4.78, 5) is 4.10. The van der Waals surface area contributed by atoms with Crippen molar-refractivity contribution in [2.75, 3.05) is 0 Å². The van der Waals surface area contributed by atoms with Crippen molar-refractivity contribution in [2.24, 2.45) is 5.14 Å². The van der Waals surface area contributed by atoms with Gasteiger partial charge in [0.05, 0.1) is 10.8 Å². The van der Waals surface area contributed by atoms with E-state index in [-0.39, 0.29) is 16.7 Å². The van der Waals surface area contributed by atoms with Crippen LogP contribution in [0.15, 0.2) is 33.7 Å². The molecule has 2 aliphatic rings. The Morgan fingerprint density at radius 3 is 2.36 bits per heavy atom. The maximum Gasteiger partial charge on any atom is 0.268 e. The molecular formula is C16H17F2N3O3S. The number of nitrogens with two attached hydrogens (primary N) is 1. The largest absolute Gasteiger partial charge is 0.339 e. The third-order valence-electron chi connectivity index (χ3n) is 5.07. The number of hydrogen-bond donors (Lipinski definition) is 1. The SMILES string of the molecule is NS(=O)(=O)c1ccc([C@@H]2[C@@H](c3nc(C4CCCC4)no3)C2(F)F)cc1. The molecule has 25 heavy (non-hydrogen) atoms. The molecule has 134 valence electrons. The van der Waals surface area contributed by atoms with Crippen LogP contribution in [0.3, 0.4) is 0 Å². The van der Waals surface area contributed by atoms with Crippen LogP contribution >= 0.6 is 0 Å². The van der Waals surface area contributed by atoms with Gasteiger partial charge in [-0.2, -0.15) is 4.98 Å². The fourth-order valence-electron chi connectivity index (χ4n) is 3.64. The summed E-state index contributed by atoms with van der Waals surface area (Å²) in [6.07, 6.45) is 4.09. The van der Waals surface area contributed by atoms with Gasteiger partial charge < -0.3 is 4.52 Å². The van der Waals surface area contributed by atoms with Gasteiger partial charge in [-0.25, -0.2) is 22.3 Å². The smallest absolute Gasteiger partial charge is 0.268 e. The number of nitrogens with zero attached hydrogens (tertiary/aromatic N) is 2. The predicted octanol–water partition coefficient (Wildman–Crippen LogP) is 2.89. The Hall–Kier alpha value is -1.87. The second-order valence-corrected chi connectivity index (χ2v) is 8.28. The maximum absolute atomic E-state index is 14.3. The van der Waals surface area contributed by atoms with E-state index in [1.807, 2.05) is 0 Å². The van der Waals surface area contributed by atoms with Crippen LogP contribution in [0.2, 0.25) is 0 Å². The van der Waals surface area contributed by atoms with Crippen LogP contribution in [0.4, 0.5) is 8.78 Å². The van der Waals surface area contributed by atoms with E-state index in [0.29, 0.717) is 11.4 Å². The van der Waals surface area contributed by atoms with Crippen LogP contribution in [-0.2, 0) is 10.0 Å². The molecule has 2 fully saturated rings. The highest BCUT2D eigenvalue weighted by atomic mass is 32.2. The lowest BCUT2D eigenvalue weighted by Gasteiger charge is -2.01. The summed E-state index contributed by atoms with van der Waals surface area (Å²) in [6.45, 7) is 0. The van der Waals surface area contributed by atoms with Crippen molar-refractivity contribution in [1.29, 1.82) is 0 Å². The third kappa shape index (κ3) is 2.85. The van der Waals surface area contributed by atoms with Gasteiger partial charge in [-0.05, 0) is 30.5 Å². The summed E-state index contributed by atoms with van der Waals surface area (Å²) in [5.74, 6) is -4.61. The number of rotatable bonds is 4. The molecule has 2 aliphatic carbocycles. The minimum atomic E-state index is -3.85. The summed E-state index contributed by atoms with van der Waals surface area (Å²) in [7, 11) is -3.85. The average Bonchev–Trinajstić information content (AvgIpc) is 3.03. The van der Waals surface area contributed by atoms with Crippen molar-refractivity contribution < 1.29 is 21.7 Å². The highest BCUT2D eigenvalue weighted by Crippen LogP contribution is 2.66. The van der Waals surface area contributed by atoms with Crippen molar-refractivity contribution in [3.8, 4) is 0 Å². The first-order valence-electron chi connectivity index (χ1n) is 8.12. The lowest BCUT2D eigenvalue weighted by molar-refractivity contribution is 0.0999. The van der Waals surface area contributed by atoms with Gasteiger partial charge in [0.2, 0.25) is 15.9 Å². The number of alkyl halides is 2. The van der Waals surface area contributed by atoms with Crippen LogP contribution < -0.4 is 5.14 Å². The number of sulfonamides is 1. The Morgan fingerprint density at radius 2 is 1.76 bits per heavy atom. The Bertz CT molecular complexity index is 890. The van der Waals surface area contributed by atoms with E-state index < -0.39 is 27.8 Å². The lowest BCUT2D eigenvalue weighted by Crippen LogP contribution is -2.11. The summed E-state index contributed by atoms with van der Waals surface area (Å²) in [6, 6.07) is 5.17. The molecule has 0 radical (unpaired) electrons. The molecule has 0 saturated heterocycles. The van der Waals surface area contributed by atoms with Gasteiger partial charge >= 0.3 is 0 Å². The zero-order valence-electron chi connectivity index (χ0n) is 13.2. The van der Waals surface area contributed by atoms with Gasteiger partial charge in [0.25, 0.3) is 5.92 Å². The Kier molecular flexibility index (Phi) is 3.69. The number of primary sulfonamides is 1. The van der Waals surface area contributed by atoms with E-state index in [0.717, 1.165) is 25.7 Å². The van der Waals surface area contributed by atoms with E-state index >= 15 is 0 Å². The average molecular weight is 369 g/mol. The zero-order valence-corrected chi connectivity index (χ0v) is 14.0. The van der Waals surface area contributed by atoms with Gasteiger partial charge in [0, 0.05) is 5.92 Å². The van der Waals surface area contributed by atoms with Crippen molar-refractivity contribution in [3.63, 3.8) is 0 Å². The molecule has 2 aromatic rings. The van der Waals surface area contributed by atoms with E-state index in [4.69, 9.17) is 9.66 Å². The molecule has 0 unspecified atom stereocenters. The standard InChI is InChI=1S/C16H17F2N3O3S/c17-16(18)12(9-5-7-11(8-6-9)25(19,22)23)13(16)15-20-14(21-24-15)10-3-1-2-4-10/h5-8,10,12-13H,1-4H2,(H2,19,22,23)/t12-,13+/m1/s1. The number of aromatic nitrogens is 2. The maximum atomic E-state index is 14.3. The molecule has 0 spiro atoms. The van der Waals surface area contributed by atoms with E-state index in [9.17, 15) is 17.2 Å². The molecule has 0 bridgehead atoms. The number of hydrogen-bond acceptors (Lipinski definition) is 5. The first-order valence-corrected chi connectivity index (χ1v) is 9.67. The first kappa shape index (κ1) is 16.6. The second kappa shape index (κ2) is 5.57. The Morgan fingerprint density at radius 1 is 1.12 bits per heavy atom. The second-order valence-electron chi connectivity index (χ2n) is 6.72. The number of halogens is 2. The van der Waals surface area contributed by atoms with E-state index in [1.165, 1.54) is 24.3 Å². The van der Waals surface area contributed by atoms with Crippen LogP contribution in [-0.4, -0.2) is 24.5 Å². The van der Waals surface area contributed by atoms with Crippen LogP contribution in [0.25, 0.3) is 0 Å². The summed E-state index contributed by atoms with van der Waals surface area (Å²) in [5.41, 5.74) is 0.322. The molecular weight excluding hydrogens is 352 g/mol. The van der Waals surface area contributed by atoms with E-state index in [2.05, 4.69) is 10.1 Å². The topological polar surface area (TPSA) is 99.1 Å². The van der Waals surface area contributed by atoms with Crippen LogP contribution in [0, 0.1) is 0 Å². The normalized spacial score (nSPS) is 26.0. The molecule has 1 aromatic carbocycles. The molecule has 1 aromatic heterocycles. The van der Waals surface area contributed by atoms with Crippen LogP contribution in [0.1, 0.15) is 60.7 Å². The highest BCUT2D eigenvalue weighted by Gasteiger charge is 2.72. The molecule has 4 rings (SSSR count). The van der Waals surface area contributed by atoms with Gasteiger partial charge in [-0.15, -0.1) is 0 Å². The molecule has 1 heterocycles. The molecule has 6 nitrogen and oxygen atoms in total. The highest BCUT2D eigenvalue weighted by molar-refractivity contribution is 7.89. The van der Waals surface area contributed by atoms with Crippen molar-refractivity contribution >= 4 is 10.0 Å². The monoisotopic (exact) mass is 369 g/mol. The summed E-state index contributed by atoms with van der Waals surface area (Å²) >= 11 is 0. The summed E-state index contributed by atoms with van der Waals surface area (Å²) in [5, 5.41) is 8.91. The molecule has 9 heteroatoms. The van der Waals surface area contributed by atoms with Crippen LogP contribution in [0.5, 0.6) is 0 Å². The zero-order chi connectivity index (χ0) is 17.8. The molecule has 2 atom stereocenters. The van der Waals surface area contributed by atoms with Gasteiger partial charge in [0.1, 0.15) is 5.92 Å². The minimum absolute atomic E-state index is 0.0487. The van der Waals surface area contributed by atoms with Gasteiger partial charge in [-0.3, -0.25) is 0 Å². The molecule has 2 N–H and O–H groups in total. The Labute approximate surface area is 143 Å². The predicted molar refractivity (Wildman–Crippen MR) is 83.8 cm³/mol. The van der Waals surface area contributed by atoms with Crippen molar-refractivity contribution in [2.45, 2.75) is 54.3 Å². The fourth-order valence-corrected chi connectivity index (χ4v) is 4.15. The number of benzene rings is 1. The fraction of sp³-hybridized carbons (Fsp3) is 0.500. The Balaban J connectivity index is 1.57.